The minimum Gasteiger partial charge on any atom is -0.276 e. The Labute approximate surface area is 148 Å². The second kappa shape index (κ2) is 17.0. The van der Waals surface area contributed by atoms with Gasteiger partial charge in [0.25, 0.3) is 0 Å². The van der Waals surface area contributed by atoms with Gasteiger partial charge >= 0.3 is 0 Å². The Morgan fingerprint density at radius 2 is 1.65 bits per heavy atom. The zero-order valence-corrected chi connectivity index (χ0v) is 11.2. The average Bonchev–Trinajstić information content (AvgIpc) is 2.81. The molecular weight excluding hydrogens is 284 g/mol. The highest BCUT2D eigenvalue weighted by Gasteiger charge is 2.32. The predicted molar refractivity (Wildman–Crippen MR) is 110 cm³/mol. The Hall–Kier alpha value is -1.38. The Balaban J connectivity index is -0.000000120. The summed E-state index contributed by atoms with van der Waals surface area (Å²) in [5.41, 5.74) is 0.946. The third-order valence-corrected chi connectivity index (χ3v) is 3.26. The quantitative estimate of drug-likeness (QED) is 0.524. The van der Waals surface area contributed by atoms with Crippen LogP contribution in [-0.2, 0) is 0 Å². The van der Waals surface area contributed by atoms with Gasteiger partial charge in [0.15, 0.2) is 0 Å². The highest BCUT2D eigenvalue weighted by Crippen LogP contribution is 2.31. The molecule has 0 amide bonds. The van der Waals surface area contributed by atoms with Crippen LogP contribution in [0.2, 0.25) is 0 Å². The van der Waals surface area contributed by atoms with E-state index in [1.165, 1.54) is 5.57 Å². The van der Waals surface area contributed by atoms with Crippen molar-refractivity contribution in [2.45, 2.75) is 91.5 Å². The molecule has 0 aliphatic rings. The maximum atomic E-state index is 12.4. The van der Waals surface area contributed by atoms with E-state index in [9.17, 15) is 4.79 Å². The van der Waals surface area contributed by atoms with E-state index in [4.69, 9.17) is 0 Å². The van der Waals surface area contributed by atoms with Crippen LogP contribution < -0.4 is 0 Å². The summed E-state index contributed by atoms with van der Waals surface area (Å²) < 4.78 is 1.59. The Bertz CT molecular complexity index is 394. The van der Waals surface area contributed by atoms with Crippen molar-refractivity contribution in [3.8, 4) is 0 Å². The molecule has 142 valence electrons. The van der Waals surface area contributed by atoms with E-state index >= 15 is 0 Å². The lowest BCUT2D eigenvalue weighted by Crippen LogP contribution is -2.31. The van der Waals surface area contributed by atoms with Crippen LogP contribution in [0.4, 0.5) is 0 Å². The molecule has 1 heterocycles. The van der Waals surface area contributed by atoms with Crippen molar-refractivity contribution in [1.29, 1.82) is 0 Å². The SMILES string of the molecule is C.C.C.C.C.C.CCC=C(C)CC(C)(CC)C(=O)n1ccnc1. The van der Waals surface area contributed by atoms with Crippen molar-refractivity contribution in [1.82, 2.24) is 9.55 Å². The summed E-state index contributed by atoms with van der Waals surface area (Å²) in [5, 5.41) is 0. The molecule has 1 aromatic heterocycles. The molecule has 3 nitrogen and oxygen atoms in total. The van der Waals surface area contributed by atoms with Crippen LogP contribution in [0.15, 0.2) is 30.4 Å². The summed E-state index contributed by atoms with van der Waals surface area (Å²) in [4.78, 5) is 16.3. The van der Waals surface area contributed by atoms with Gasteiger partial charge in [-0.1, -0.05) is 77.0 Å². The van der Waals surface area contributed by atoms with Crippen LogP contribution in [0, 0.1) is 5.41 Å². The summed E-state index contributed by atoms with van der Waals surface area (Å²) in [6, 6.07) is 0. The van der Waals surface area contributed by atoms with Gasteiger partial charge in [-0.15, -0.1) is 0 Å². The van der Waals surface area contributed by atoms with Gasteiger partial charge in [0.2, 0.25) is 5.91 Å². The molecule has 0 saturated heterocycles. The lowest BCUT2D eigenvalue weighted by atomic mass is 9.80. The molecule has 0 radical (unpaired) electrons. The zero-order chi connectivity index (χ0) is 12.9. The van der Waals surface area contributed by atoms with Crippen molar-refractivity contribution in [3.63, 3.8) is 0 Å². The number of hydrogen-bond donors (Lipinski definition) is 0. The van der Waals surface area contributed by atoms with Crippen LogP contribution in [0.5, 0.6) is 0 Å². The van der Waals surface area contributed by atoms with Gasteiger partial charge in [-0.2, -0.15) is 0 Å². The number of carbonyl (C=O) groups is 1. The van der Waals surface area contributed by atoms with E-state index < -0.39 is 0 Å². The number of hydrogen-bond acceptors (Lipinski definition) is 2. The molecule has 0 aromatic carbocycles. The third-order valence-electron chi connectivity index (χ3n) is 3.26. The first-order valence-electron chi connectivity index (χ1n) is 6.22. The molecule has 0 aliphatic carbocycles. The normalized spacial score (nSPS) is 11.6. The van der Waals surface area contributed by atoms with E-state index in [-0.39, 0.29) is 55.9 Å². The van der Waals surface area contributed by atoms with Crippen LogP contribution >= 0.6 is 0 Å². The number of aromatic nitrogens is 2. The van der Waals surface area contributed by atoms with Crippen LogP contribution in [0.1, 0.15) is 96.3 Å². The summed E-state index contributed by atoms with van der Waals surface area (Å²) in [6.07, 6.45) is 9.79. The van der Waals surface area contributed by atoms with Crippen molar-refractivity contribution < 1.29 is 4.79 Å². The summed E-state index contributed by atoms with van der Waals surface area (Å²) in [5.74, 6) is 0.126. The van der Waals surface area contributed by atoms with E-state index in [1.54, 1.807) is 23.3 Å². The third kappa shape index (κ3) is 10.1. The molecule has 1 aromatic rings. The van der Waals surface area contributed by atoms with Gasteiger partial charge in [-0.25, -0.2) is 4.98 Å². The summed E-state index contributed by atoms with van der Waals surface area (Å²) in [7, 11) is 0. The fraction of sp³-hybridized carbons (Fsp3) is 0.700. The van der Waals surface area contributed by atoms with Crippen molar-refractivity contribution in [2.24, 2.45) is 5.41 Å². The number of carbonyl (C=O) groups excluding carboxylic acids is 1. The average molecular weight is 331 g/mol. The number of allylic oxidation sites excluding steroid dienone is 2. The topological polar surface area (TPSA) is 34.9 Å². The van der Waals surface area contributed by atoms with E-state index in [2.05, 4.69) is 31.8 Å². The molecule has 1 atom stereocenters. The molecule has 23 heavy (non-hydrogen) atoms. The lowest BCUT2D eigenvalue weighted by Gasteiger charge is -2.27. The number of nitrogens with zero attached hydrogens (tertiary/aromatic N) is 2. The van der Waals surface area contributed by atoms with Gasteiger partial charge in [0.05, 0.1) is 5.41 Å². The van der Waals surface area contributed by atoms with Crippen molar-refractivity contribution in [2.75, 3.05) is 0 Å². The number of rotatable bonds is 5. The fourth-order valence-corrected chi connectivity index (χ4v) is 2.08. The first-order chi connectivity index (χ1) is 8.03. The highest BCUT2D eigenvalue weighted by molar-refractivity contribution is 5.84. The van der Waals surface area contributed by atoms with Gasteiger partial charge in [-0.05, 0) is 26.2 Å². The van der Waals surface area contributed by atoms with E-state index in [0.717, 1.165) is 19.3 Å². The molecule has 0 bridgehead atoms. The molecule has 1 unspecified atom stereocenters. The monoisotopic (exact) mass is 330 g/mol. The molecule has 0 N–H and O–H groups in total. The molecule has 0 saturated carbocycles. The van der Waals surface area contributed by atoms with E-state index in [0.29, 0.717) is 0 Å². The summed E-state index contributed by atoms with van der Waals surface area (Å²) >= 11 is 0. The molecule has 0 fully saturated rings. The predicted octanol–water partition coefficient (Wildman–Crippen LogP) is 7.50. The van der Waals surface area contributed by atoms with Gasteiger partial charge in [-0.3, -0.25) is 9.36 Å². The second-order valence-corrected chi connectivity index (χ2v) is 4.82. The molecule has 1 rings (SSSR count). The van der Waals surface area contributed by atoms with Gasteiger partial charge in [0, 0.05) is 12.4 Å². The Morgan fingerprint density at radius 1 is 1.13 bits per heavy atom. The lowest BCUT2D eigenvalue weighted by molar-refractivity contribution is 0.0713. The van der Waals surface area contributed by atoms with Gasteiger partial charge < -0.3 is 0 Å². The highest BCUT2D eigenvalue weighted by atomic mass is 16.2. The van der Waals surface area contributed by atoms with Crippen molar-refractivity contribution >= 4 is 5.91 Å². The first-order valence-corrected chi connectivity index (χ1v) is 6.22. The largest absolute Gasteiger partial charge is 0.276 e. The molecular formula is C20H46N2O. The second-order valence-electron chi connectivity index (χ2n) is 4.82. The van der Waals surface area contributed by atoms with Crippen LogP contribution in [-0.4, -0.2) is 15.5 Å². The smallest absolute Gasteiger partial charge is 0.238 e. The summed E-state index contributed by atoms with van der Waals surface area (Å²) in [6.45, 7) is 8.31. The van der Waals surface area contributed by atoms with Crippen LogP contribution in [0.25, 0.3) is 0 Å². The van der Waals surface area contributed by atoms with Gasteiger partial charge in [0.1, 0.15) is 6.33 Å². The fourth-order valence-electron chi connectivity index (χ4n) is 2.08. The maximum absolute atomic E-state index is 12.4. The van der Waals surface area contributed by atoms with E-state index in [1.807, 2.05) is 6.92 Å². The Morgan fingerprint density at radius 3 is 2.00 bits per heavy atom. The molecule has 0 spiro atoms. The number of imidazole rings is 1. The minimum atomic E-state index is -0.337. The van der Waals surface area contributed by atoms with Crippen LogP contribution in [0.3, 0.4) is 0 Å². The first kappa shape index (κ1) is 37.7. The maximum Gasteiger partial charge on any atom is 0.238 e. The molecule has 3 heteroatoms. The zero-order valence-electron chi connectivity index (χ0n) is 11.2. The van der Waals surface area contributed by atoms with Crippen molar-refractivity contribution in [3.05, 3.63) is 30.4 Å². The Kier molecular flexibility index (Phi) is 27.8. The standard InChI is InChI=1S/C14H22N2O.6CH4/c1-5-7-12(3)10-14(4,6-2)13(17)16-9-8-15-11-16;;;;;;/h7-9,11H,5-6,10H2,1-4H3;6*1H4. The minimum absolute atomic E-state index is 0. The molecule has 0 aliphatic heterocycles.